The van der Waals surface area contributed by atoms with Gasteiger partial charge in [-0.25, -0.2) is 8.42 Å². The monoisotopic (exact) mass is 452 g/mol. The molecule has 164 valence electrons. The van der Waals surface area contributed by atoms with E-state index in [1.807, 2.05) is 26.0 Å². The van der Waals surface area contributed by atoms with Gasteiger partial charge in [0.2, 0.25) is 15.9 Å². The molecule has 1 N–H and O–H groups in total. The Labute approximate surface area is 184 Å². The van der Waals surface area contributed by atoms with E-state index >= 15 is 0 Å². The summed E-state index contributed by atoms with van der Waals surface area (Å²) >= 11 is 5.82. The summed E-state index contributed by atoms with van der Waals surface area (Å²) in [6.07, 6.45) is 0. The van der Waals surface area contributed by atoms with Crippen molar-refractivity contribution in [2.24, 2.45) is 0 Å². The Kier molecular flexibility index (Phi) is 7.91. The van der Waals surface area contributed by atoms with Crippen molar-refractivity contribution in [3.8, 4) is 5.75 Å². The lowest BCUT2D eigenvalue weighted by molar-refractivity contribution is -0.121. The second-order valence-corrected chi connectivity index (χ2v) is 10.1. The van der Waals surface area contributed by atoms with Gasteiger partial charge in [0.1, 0.15) is 5.75 Å². The Balaban J connectivity index is 2.14. The lowest BCUT2D eigenvalue weighted by atomic mass is 9.93. The summed E-state index contributed by atoms with van der Waals surface area (Å²) in [5, 5.41) is 3.34. The normalized spacial score (nSPS) is 12.8. The number of sulfonamides is 1. The van der Waals surface area contributed by atoms with Gasteiger partial charge in [0.05, 0.1) is 24.6 Å². The molecular formula is C22H29ClN2O4S. The zero-order valence-corrected chi connectivity index (χ0v) is 19.8. The summed E-state index contributed by atoms with van der Waals surface area (Å²) < 4.78 is 31.8. The molecule has 2 aromatic carbocycles. The van der Waals surface area contributed by atoms with Gasteiger partial charge in [-0.2, -0.15) is 4.31 Å². The Morgan fingerprint density at radius 2 is 1.73 bits per heavy atom. The van der Waals surface area contributed by atoms with E-state index in [0.717, 1.165) is 26.7 Å². The fourth-order valence-electron chi connectivity index (χ4n) is 3.25. The highest BCUT2D eigenvalue weighted by Gasteiger charge is 2.24. The quantitative estimate of drug-likeness (QED) is 0.648. The van der Waals surface area contributed by atoms with Gasteiger partial charge in [-0.3, -0.25) is 4.79 Å². The van der Waals surface area contributed by atoms with Gasteiger partial charge >= 0.3 is 0 Å². The first kappa shape index (κ1) is 24.2. The molecule has 0 bridgehead atoms. The summed E-state index contributed by atoms with van der Waals surface area (Å²) in [5.41, 5.74) is 3.02. The molecule has 0 aliphatic heterocycles. The number of hydrogen-bond acceptors (Lipinski definition) is 4. The van der Waals surface area contributed by atoms with Crippen molar-refractivity contribution < 1.29 is 17.9 Å². The van der Waals surface area contributed by atoms with Crippen LogP contribution < -0.4 is 10.1 Å². The maximum absolute atomic E-state index is 12.7. The van der Waals surface area contributed by atoms with Crippen LogP contribution >= 0.6 is 11.6 Å². The fourth-order valence-corrected chi connectivity index (χ4v) is 4.50. The number of aryl methyl sites for hydroxylation is 1. The number of methoxy groups -OCH3 is 1. The van der Waals surface area contributed by atoms with E-state index in [9.17, 15) is 13.2 Å². The van der Waals surface area contributed by atoms with Crippen molar-refractivity contribution in [2.75, 3.05) is 20.7 Å². The van der Waals surface area contributed by atoms with Crippen molar-refractivity contribution in [3.63, 3.8) is 0 Å². The van der Waals surface area contributed by atoms with Gasteiger partial charge in [0.15, 0.2) is 0 Å². The molecule has 0 heterocycles. The number of rotatable bonds is 8. The summed E-state index contributed by atoms with van der Waals surface area (Å²) in [5.74, 6) is 0.695. The maximum atomic E-state index is 12.7. The minimum absolute atomic E-state index is 0.0859. The molecule has 0 fully saturated rings. The Hall–Kier alpha value is -2.09. The molecule has 0 radical (unpaired) electrons. The molecule has 0 unspecified atom stereocenters. The minimum atomic E-state index is -3.79. The van der Waals surface area contributed by atoms with Crippen LogP contribution in [-0.4, -0.2) is 39.3 Å². The van der Waals surface area contributed by atoms with E-state index in [0.29, 0.717) is 5.02 Å². The second kappa shape index (κ2) is 9.81. The first-order valence-corrected chi connectivity index (χ1v) is 11.5. The lowest BCUT2D eigenvalue weighted by Crippen LogP contribution is -2.39. The van der Waals surface area contributed by atoms with Crippen LogP contribution in [0.5, 0.6) is 5.75 Å². The average Bonchev–Trinajstić information content (AvgIpc) is 2.67. The van der Waals surface area contributed by atoms with Crippen LogP contribution in [0.1, 0.15) is 49.4 Å². The highest BCUT2D eigenvalue weighted by atomic mass is 35.5. The van der Waals surface area contributed by atoms with Crippen LogP contribution in [0.2, 0.25) is 5.02 Å². The van der Waals surface area contributed by atoms with Crippen LogP contribution in [0.4, 0.5) is 0 Å². The topological polar surface area (TPSA) is 75.7 Å². The summed E-state index contributed by atoms with van der Waals surface area (Å²) in [7, 11) is -0.769. The van der Waals surface area contributed by atoms with Crippen LogP contribution in [0.25, 0.3) is 0 Å². The third kappa shape index (κ3) is 5.53. The largest absolute Gasteiger partial charge is 0.496 e. The molecule has 2 rings (SSSR count). The molecule has 0 aliphatic carbocycles. The highest BCUT2D eigenvalue weighted by Crippen LogP contribution is 2.32. The number of carbonyl (C=O) groups is 1. The number of nitrogens with zero attached hydrogens (tertiary/aromatic N) is 1. The van der Waals surface area contributed by atoms with Crippen molar-refractivity contribution >= 4 is 27.5 Å². The molecule has 6 nitrogen and oxygen atoms in total. The fraction of sp³-hybridized carbons (Fsp3) is 0.409. The highest BCUT2D eigenvalue weighted by molar-refractivity contribution is 7.89. The molecule has 0 aliphatic rings. The smallest absolute Gasteiger partial charge is 0.243 e. The first-order valence-electron chi connectivity index (χ1n) is 9.67. The maximum Gasteiger partial charge on any atom is 0.243 e. The lowest BCUT2D eigenvalue weighted by Gasteiger charge is -2.22. The summed E-state index contributed by atoms with van der Waals surface area (Å²) in [6, 6.07) is 9.56. The van der Waals surface area contributed by atoms with E-state index < -0.39 is 10.0 Å². The molecular weight excluding hydrogens is 424 g/mol. The Morgan fingerprint density at radius 3 is 2.27 bits per heavy atom. The first-order chi connectivity index (χ1) is 14.0. The third-order valence-electron chi connectivity index (χ3n) is 4.97. The van der Waals surface area contributed by atoms with Gasteiger partial charge < -0.3 is 10.1 Å². The van der Waals surface area contributed by atoms with Crippen molar-refractivity contribution in [3.05, 3.63) is 58.1 Å². The number of benzene rings is 2. The van der Waals surface area contributed by atoms with E-state index in [2.05, 4.69) is 19.2 Å². The third-order valence-corrected chi connectivity index (χ3v) is 7.04. The van der Waals surface area contributed by atoms with Gasteiger partial charge in [-0.15, -0.1) is 0 Å². The van der Waals surface area contributed by atoms with Gasteiger partial charge in [-0.1, -0.05) is 25.4 Å². The van der Waals surface area contributed by atoms with Crippen molar-refractivity contribution in [1.29, 1.82) is 0 Å². The predicted octanol–water partition coefficient (Wildman–Crippen LogP) is 4.28. The number of nitrogens with one attached hydrogen (secondary N) is 1. The number of carbonyl (C=O) groups excluding carboxylic acids is 1. The molecule has 1 atom stereocenters. The molecule has 30 heavy (non-hydrogen) atoms. The predicted molar refractivity (Wildman–Crippen MR) is 120 cm³/mol. The zero-order valence-electron chi connectivity index (χ0n) is 18.2. The molecule has 0 saturated carbocycles. The number of likely N-dealkylation sites (N-methyl/N-ethyl adjacent to an activating group) is 1. The molecule has 2 aromatic rings. The van der Waals surface area contributed by atoms with Crippen LogP contribution in [0.3, 0.4) is 0 Å². The van der Waals surface area contributed by atoms with Gasteiger partial charge in [-0.05, 0) is 72.9 Å². The molecule has 0 aromatic heterocycles. The van der Waals surface area contributed by atoms with Gasteiger partial charge in [0, 0.05) is 12.1 Å². The number of ether oxygens (including phenoxy) is 1. The van der Waals surface area contributed by atoms with Crippen LogP contribution in [-0.2, 0) is 14.8 Å². The average molecular weight is 453 g/mol. The molecule has 0 spiro atoms. The Bertz CT molecular complexity index is 1000. The van der Waals surface area contributed by atoms with Crippen molar-refractivity contribution in [2.45, 2.75) is 44.6 Å². The van der Waals surface area contributed by atoms with E-state index in [4.69, 9.17) is 16.3 Å². The minimum Gasteiger partial charge on any atom is -0.496 e. The molecule has 0 saturated heterocycles. The number of amides is 1. The van der Waals surface area contributed by atoms with Crippen LogP contribution in [0, 0.1) is 6.92 Å². The number of hydrogen-bond donors (Lipinski definition) is 1. The van der Waals surface area contributed by atoms with E-state index in [-0.39, 0.29) is 29.3 Å². The molecule has 8 heteroatoms. The van der Waals surface area contributed by atoms with Gasteiger partial charge in [0.25, 0.3) is 0 Å². The summed E-state index contributed by atoms with van der Waals surface area (Å²) in [4.78, 5) is 12.6. The number of halogens is 1. The van der Waals surface area contributed by atoms with Crippen LogP contribution in [0.15, 0.2) is 41.3 Å². The standard InChI is InChI=1S/C22H29ClN2O4S/c1-14(2)19-12-20(15(3)11-21(19)29-6)16(4)24-22(26)13-25(5)30(27,28)18-9-7-17(23)8-10-18/h7-12,14,16H,13H2,1-6H3,(H,24,26)/t16-/m1/s1. The van der Waals surface area contributed by atoms with Crippen molar-refractivity contribution in [1.82, 2.24) is 9.62 Å². The SMILES string of the molecule is COc1cc(C)c([C@@H](C)NC(=O)CN(C)S(=O)(=O)c2ccc(Cl)cc2)cc1C(C)C. The summed E-state index contributed by atoms with van der Waals surface area (Å²) in [6.45, 7) is 7.71. The van der Waals surface area contributed by atoms with E-state index in [1.54, 1.807) is 7.11 Å². The zero-order chi connectivity index (χ0) is 22.6. The Morgan fingerprint density at radius 1 is 1.13 bits per heavy atom. The van der Waals surface area contributed by atoms with E-state index in [1.165, 1.54) is 31.3 Å². The second-order valence-electron chi connectivity index (χ2n) is 7.61. The molecule has 1 amide bonds.